The quantitative estimate of drug-likeness (QED) is 0.669. The Hall–Kier alpha value is -2.71. The summed E-state index contributed by atoms with van der Waals surface area (Å²) >= 11 is 0. The average Bonchev–Trinajstić information content (AvgIpc) is 3.17. The van der Waals surface area contributed by atoms with Crippen molar-refractivity contribution in [2.24, 2.45) is 0 Å². The van der Waals surface area contributed by atoms with Crippen LogP contribution in [0.1, 0.15) is 24.6 Å². The number of likely N-dealkylation sites (tertiary alicyclic amines) is 1. The highest BCUT2D eigenvalue weighted by Crippen LogP contribution is 2.22. The van der Waals surface area contributed by atoms with Crippen LogP contribution in [0.25, 0.3) is 5.65 Å². The van der Waals surface area contributed by atoms with Gasteiger partial charge in [0.1, 0.15) is 5.65 Å². The Morgan fingerprint density at radius 2 is 2.07 bits per heavy atom. The molecule has 2 aliphatic rings. The minimum Gasteiger partial charge on any atom is -0.378 e. The summed E-state index contributed by atoms with van der Waals surface area (Å²) in [7, 11) is 0. The molecule has 1 atom stereocenters. The molecule has 0 saturated carbocycles. The number of piperidine rings is 1. The van der Waals surface area contributed by atoms with E-state index >= 15 is 0 Å². The molecular weight excluding hydrogens is 368 g/mol. The first kappa shape index (κ1) is 18.3. The zero-order valence-electron chi connectivity index (χ0n) is 16.5. The second kappa shape index (κ2) is 7.96. The zero-order valence-corrected chi connectivity index (χ0v) is 16.5. The van der Waals surface area contributed by atoms with Crippen LogP contribution < -0.4 is 10.5 Å². The maximum absolute atomic E-state index is 12.8. The van der Waals surface area contributed by atoms with E-state index in [0.29, 0.717) is 13.2 Å². The van der Waals surface area contributed by atoms with Crippen LogP contribution in [0.15, 0.2) is 47.7 Å². The number of morpholine rings is 1. The van der Waals surface area contributed by atoms with Crippen LogP contribution in [0.5, 0.6) is 0 Å². The van der Waals surface area contributed by atoms with E-state index in [2.05, 4.69) is 21.1 Å². The third-order valence-corrected chi connectivity index (χ3v) is 5.81. The highest BCUT2D eigenvalue weighted by Gasteiger charge is 2.24. The largest absolute Gasteiger partial charge is 0.378 e. The molecule has 0 bridgehead atoms. The minimum atomic E-state index is -0.0198. The lowest BCUT2D eigenvalue weighted by molar-refractivity contribution is 0.122. The van der Waals surface area contributed by atoms with E-state index in [4.69, 9.17) is 9.72 Å². The van der Waals surface area contributed by atoms with Gasteiger partial charge in [0.2, 0.25) is 0 Å². The molecule has 0 spiro atoms. The fourth-order valence-electron chi connectivity index (χ4n) is 4.34. The van der Waals surface area contributed by atoms with Crippen molar-refractivity contribution < 1.29 is 4.74 Å². The lowest BCUT2D eigenvalue weighted by Crippen LogP contribution is -2.41. The molecule has 8 nitrogen and oxygen atoms in total. The van der Waals surface area contributed by atoms with Crippen LogP contribution >= 0.6 is 0 Å². The topological polar surface area (TPSA) is 67.9 Å². The first-order chi connectivity index (χ1) is 14.3. The Morgan fingerprint density at radius 1 is 1.17 bits per heavy atom. The molecule has 0 N–H and O–H groups in total. The molecule has 8 heteroatoms. The second-order valence-corrected chi connectivity index (χ2v) is 7.83. The van der Waals surface area contributed by atoms with Crippen molar-refractivity contribution >= 4 is 11.3 Å². The van der Waals surface area contributed by atoms with E-state index in [9.17, 15) is 4.79 Å². The molecule has 2 aliphatic heterocycles. The molecule has 2 saturated heterocycles. The molecule has 152 valence electrons. The predicted molar refractivity (Wildman–Crippen MR) is 110 cm³/mol. The van der Waals surface area contributed by atoms with Crippen molar-refractivity contribution in [3.05, 3.63) is 58.9 Å². The maximum Gasteiger partial charge on any atom is 0.269 e. The number of nitrogens with zero attached hydrogens (tertiary/aromatic N) is 6. The molecular formula is C21H26N6O2. The maximum atomic E-state index is 12.8. The lowest BCUT2D eigenvalue weighted by atomic mass is 10.1. The minimum absolute atomic E-state index is 0.0198. The SMILES string of the molecule is O=c1cc(N2CCOCC2)cnn1C1CCCN(Cc2cn3ccccc3n2)C1. The Morgan fingerprint density at radius 3 is 2.90 bits per heavy atom. The van der Waals surface area contributed by atoms with Crippen molar-refractivity contribution in [2.75, 3.05) is 44.3 Å². The predicted octanol–water partition coefficient (Wildman–Crippen LogP) is 1.56. The number of aromatic nitrogens is 4. The lowest BCUT2D eigenvalue weighted by Gasteiger charge is -2.33. The Kier molecular flexibility index (Phi) is 5.03. The number of pyridine rings is 1. The molecule has 5 heterocycles. The number of anilines is 1. The van der Waals surface area contributed by atoms with Gasteiger partial charge < -0.3 is 14.0 Å². The van der Waals surface area contributed by atoms with Gasteiger partial charge in [0.25, 0.3) is 5.56 Å². The van der Waals surface area contributed by atoms with Gasteiger partial charge in [0, 0.05) is 44.6 Å². The summed E-state index contributed by atoms with van der Waals surface area (Å²) in [5, 5.41) is 4.53. The smallest absolute Gasteiger partial charge is 0.269 e. The van der Waals surface area contributed by atoms with E-state index in [1.807, 2.05) is 35.0 Å². The number of rotatable bonds is 4. The van der Waals surface area contributed by atoms with Crippen molar-refractivity contribution in [1.82, 2.24) is 24.1 Å². The van der Waals surface area contributed by atoms with Gasteiger partial charge >= 0.3 is 0 Å². The molecule has 0 amide bonds. The standard InChI is InChI=1S/C21H26N6O2/c28-21-12-19(25-8-10-29-11-9-25)13-22-27(21)18-4-3-6-24(16-18)14-17-15-26-7-2-1-5-20(26)23-17/h1-2,5,7,12-13,15,18H,3-4,6,8-11,14,16H2. The summed E-state index contributed by atoms with van der Waals surface area (Å²) in [6.45, 7) is 5.64. The summed E-state index contributed by atoms with van der Waals surface area (Å²) < 4.78 is 9.11. The Labute approximate surface area is 169 Å². The van der Waals surface area contributed by atoms with Gasteiger partial charge in [0.05, 0.1) is 36.8 Å². The number of hydrogen-bond donors (Lipinski definition) is 0. The number of ether oxygens (including phenoxy) is 1. The van der Waals surface area contributed by atoms with Crippen LogP contribution in [-0.2, 0) is 11.3 Å². The fourth-order valence-corrected chi connectivity index (χ4v) is 4.34. The van der Waals surface area contributed by atoms with Gasteiger partial charge in [-0.1, -0.05) is 6.07 Å². The van der Waals surface area contributed by atoms with E-state index in [-0.39, 0.29) is 11.6 Å². The van der Waals surface area contributed by atoms with Gasteiger partial charge in [-0.3, -0.25) is 9.69 Å². The van der Waals surface area contributed by atoms with Gasteiger partial charge in [0.15, 0.2) is 0 Å². The zero-order chi connectivity index (χ0) is 19.6. The summed E-state index contributed by atoms with van der Waals surface area (Å²) in [5.74, 6) is 0. The van der Waals surface area contributed by atoms with Crippen LogP contribution in [0.3, 0.4) is 0 Å². The number of hydrogen-bond acceptors (Lipinski definition) is 6. The van der Waals surface area contributed by atoms with Crippen LogP contribution in [0, 0.1) is 0 Å². The van der Waals surface area contributed by atoms with Crippen molar-refractivity contribution in [3.8, 4) is 0 Å². The average molecular weight is 394 g/mol. The van der Waals surface area contributed by atoms with Gasteiger partial charge in [-0.25, -0.2) is 9.67 Å². The molecule has 1 unspecified atom stereocenters. The van der Waals surface area contributed by atoms with Crippen LogP contribution in [0.4, 0.5) is 5.69 Å². The molecule has 0 aromatic carbocycles. The first-order valence-electron chi connectivity index (χ1n) is 10.3. The third-order valence-electron chi connectivity index (χ3n) is 5.81. The van der Waals surface area contributed by atoms with E-state index in [1.54, 1.807) is 10.7 Å². The van der Waals surface area contributed by atoms with Gasteiger partial charge in [-0.2, -0.15) is 5.10 Å². The Bertz CT molecular complexity index is 1010. The van der Waals surface area contributed by atoms with Crippen LogP contribution in [-0.4, -0.2) is 63.5 Å². The normalized spacial score (nSPS) is 21.0. The van der Waals surface area contributed by atoms with Crippen molar-refractivity contribution in [1.29, 1.82) is 0 Å². The van der Waals surface area contributed by atoms with Gasteiger partial charge in [-0.05, 0) is 31.5 Å². The van der Waals surface area contributed by atoms with Crippen molar-refractivity contribution in [2.45, 2.75) is 25.4 Å². The van der Waals surface area contributed by atoms with E-state index in [1.165, 1.54) is 0 Å². The number of imidazole rings is 1. The van der Waals surface area contributed by atoms with E-state index in [0.717, 1.165) is 62.6 Å². The molecule has 3 aromatic heterocycles. The summed E-state index contributed by atoms with van der Waals surface area (Å²) in [6.07, 6.45) is 7.96. The second-order valence-electron chi connectivity index (χ2n) is 7.83. The van der Waals surface area contributed by atoms with Crippen molar-refractivity contribution in [3.63, 3.8) is 0 Å². The fraction of sp³-hybridized carbons (Fsp3) is 0.476. The Balaban J connectivity index is 1.29. The summed E-state index contributed by atoms with van der Waals surface area (Å²) in [5.41, 5.74) is 2.90. The third kappa shape index (κ3) is 3.90. The molecule has 29 heavy (non-hydrogen) atoms. The molecule has 3 aromatic rings. The van der Waals surface area contributed by atoms with Crippen LogP contribution in [0.2, 0.25) is 0 Å². The monoisotopic (exact) mass is 394 g/mol. The highest BCUT2D eigenvalue weighted by molar-refractivity contribution is 5.43. The van der Waals surface area contributed by atoms with Gasteiger partial charge in [-0.15, -0.1) is 0 Å². The highest BCUT2D eigenvalue weighted by atomic mass is 16.5. The first-order valence-corrected chi connectivity index (χ1v) is 10.3. The molecule has 2 fully saturated rings. The van der Waals surface area contributed by atoms with E-state index < -0.39 is 0 Å². The number of fused-ring (bicyclic) bond motifs is 1. The molecule has 5 rings (SSSR count). The summed E-state index contributed by atoms with van der Waals surface area (Å²) in [6, 6.07) is 7.85. The summed E-state index contributed by atoms with van der Waals surface area (Å²) in [4.78, 5) is 22.0. The molecule has 0 aliphatic carbocycles. The molecule has 0 radical (unpaired) electrons.